The van der Waals surface area contributed by atoms with Gasteiger partial charge in [-0.3, -0.25) is 0 Å². The van der Waals surface area contributed by atoms with E-state index in [1.165, 1.54) is 0 Å². The monoisotopic (exact) mass is 713 g/mol. The molecule has 0 unspecified atom stereocenters. The van der Waals surface area contributed by atoms with Gasteiger partial charge in [0.2, 0.25) is 0 Å². The molecule has 0 spiro atoms. The standard InChI is InChI=1S/C40H38N10O2.Na/c1-4-11-29(12-5-1)19-20-30-13-10-18-33(35-37(49-21-25-51-26-22-49)39(45-47-43-35)41-31-14-6-2-7-15-31)34(30)36-38(50-23-27-52-28-24-50)40(46-48-44-36)42-32-16-8-3-9-17-32;/h1-20H,21-28H2,(H,41,43,45)(H,42,44,46);. The maximum atomic E-state index is 5.80. The van der Waals surface area contributed by atoms with Crippen LogP contribution in [0.2, 0.25) is 0 Å². The van der Waals surface area contributed by atoms with Gasteiger partial charge in [-0.05, 0) is 45.8 Å². The van der Waals surface area contributed by atoms with Gasteiger partial charge in [0.05, 0.1) is 26.4 Å². The van der Waals surface area contributed by atoms with Crippen molar-refractivity contribution in [2.45, 2.75) is 0 Å². The van der Waals surface area contributed by atoms with Crippen molar-refractivity contribution < 1.29 is 9.47 Å². The number of hydrogen-bond acceptors (Lipinski definition) is 12. The normalized spacial score (nSPS) is 14.5. The van der Waals surface area contributed by atoms with E-state index < -0.39 is 0 Å². The van der Waals surface area contributed by atoms with Gasteiger partial charge in [0.1, 0.15) is 22.8 Å². The van der Waals surface area contributed by atoms with Crippen LogP contribution in [0.15, 0.2) is 109 Å². The number of anilines is 6. The van der Waals surface area contributed by atoms with E-state index in [-0.39, 0.29) is 29.6 Å². The van der Waals surface area contributed by atoms with E-state index >= 15 is 0 Å². The minimum Gasteiger partial charge on any atom is -0.378 e. The summed E-state index contributed by atoms with van der Waals surface area (Å²) in [6.07, 6.45) is 4.23. The smallest absolute Gasteiger partial charge is 0.180 e. The number of morpholine rings is 2. The molecule has 12 nitrogen and oxygen atoms in total. The Bertz CT molecular complexity index is 2130. The molecule has 261 valence electrons. The van der Waals surface area contributed by atoms with Gasteiger partial charge in [-0.1, -0.05) is 97.1 Å². The van der Waals surface area contributed by atoms with Gasteiger partial charge in [0.15, 0.2) is 11.6 Å². The van der Waals surface area contributed by atoms with E-state index in [0.29, 0.717) is 75.6 Å². The third-order valence-corrected chi connectivity index (χ3v) is 9.05. The summed E-state index contributed by atoms with van der Waals surface area (Å²) in [6, 6.07) is 36.4. The van der Waals surface area contributed by atoms with Crippen LogP contribution >= 0.6 is 0 Å². The third-order valence-electron chi connectivity index (χ3n) is 9.05. The first-order chi connectivity index (χ1) is 25.8. The fraction of sp³-hybridized carbons (Fsp3) is 0.200. The van der Waals surface area contributed by atoms with E-state index in [4.69, 9.17) is 19.7 Å². The molecule has 1 radical (unpaired) electrons. The summed E-state index contributed by atoms with van der Waals surface area (Å²) in [7, 11) is 0. The maximum absolute atomic E-state index is 5.80. The van der Waals surface area contributed by atoms with Crippen LogP contribution in [0.4, 0.5) is 34.4 Å². The summed E-state index contributed by atoms with van der Waals surface area (Å²) in [5.74, 6) is 1.21. The molecule has 2 aliphatic rings. The Morgan fingerprint density at radius 3 is 1.55 bits per heavy atom. The van der Waals surface area contributed by atoms with Crippen molar-refractivity contribution in [3.63, 3.8) is 0 Å². The van der Waals surface area contributed by atoms with Crippen LogP contribution in [0.1, 0.15) is 11.1 Å². The second kappa shape index (κ2) is 17.5. The molecule has 53 heavy (non-hydrogen) atoms. The van der Waals surface area contributed by atoms with Gasteiger partial charge in [-0.25, -0.2) is 0 Å². The molecule has 6 aromatic rings. The Kier molecular flexibility index (Phi) is 11.9. The van der Waals surface area contributed by atoms with Crippen LogP contribution in [-0.2, 0) is 9.47 Å². The summed E-state index contributed by atoms with van der Waals surface area (Å²) in [5, 5.41) is 34.5. The Morgan fingerprint density at radius 1 is 0.509 bits per heavy atom. The number of hydrogen-bond donors (Lipinski definition) is 2. The fourth-order valence-corrected chi connectivity index (χ4v) is 6.57. The quantitative estimate of drug-likeness (QED) is 0.122. The van der Waals surface area contributed by atoms with Crippen LogP contribution in [-0.4, -0.2) is 113 Å². The van der Waals surface area contributed by atoms with Crippen LogP contribution in [0, 0.1) is 0 Å². The number of aromatic nitrogens is 6. The third kappa shape index (κ3) is 8.38. The molecule has 2 aromatic heterocycles. The van der Waals surface area contributed by atoms with Crippen molar-refractivity contribution >= 4 is 76.1 Å². The summed E-state index contributed by atoms with van der Waals surface area (Å²) >= 11 is 0. The predicted octanol–water partition coefficient (Wildman–Crippen LogP) is 6.34. The SMILES string of the molecule is C(=Cc1cccc(-c2nnnc(Nc3ccccc3)c2N2CCOCC2)c1-c1nnnc(Nc2ccccc2)c1N1CCOCC1)c1ccccc1.[Na]. The van der Waals surface area contributed by atoms with E-state index in [1.807, 2.05) is 84.9 Å². The molecule has 4 heterocycles. The zero-order valence-electron chi connectivity index (χ0n) is 29.6. The molecule has 4 aromatic carbocycles. The van der Waals surface area contributed by atoms with Crippen molar-refractivity contribution in [3.8, 4) is 22.5 Å². The van der Waals surface area contributed by atoms with Crippen LogP contribution in [0.5, 0.6) is 0 Å². The molecule has 2 aliphatic heterocycles. The van der Waals surface area contributed by atoms with Crippen molar-refractivity contribution in [3.05, 3.63) is 120 Å². The number of nitrogens with zero attached hydrogens (tertiary/aromatic N) is 8. The number of para-hydroxylation sites is 2. The first kappa shape index (κ1) is 36.1. The number of ether oxygens (including phenoxy) is 2. The van der Waals surface area contributed by atoms with Gasteiger partial charge < -0.3 is 29.9 Å². The molecule has 0 aliphatic carbocycles. The van der Waals surface area contributed by atoms with Crippen molar-refractivity contribution in [1.82, 2.24) is 30.8 Å². The molecule has 2 saturated heterocycles. The fourth-order valence-electron chi connectivity index (χ4n) is 6.57. The summed E-state index contributed by atoms with van der Waals surface area (Å²) in [4.78, 5) is 4.54. The van der Waals surface area contributed by atoms with E-state index in [2.05, 4.69) is 77.5 Å². The van der Waals surface area contributed by atoms with Crippen molar-refractivity contribution in [1.29, 1.82) is 0 Å². The maximum Gasteiger partial charge on any atom is 0.180 e. The van der Waals surface area contributed by atoms with Gasteiger partial charge in [-0.2, -0.15) is 0 Å². The minimum absolute atomic E-state index is 0. The summed E-state index contributed by atoms with van der Waals surface area (Å²) in [5.41, 5.74) is 8.50. The van der Waals surface area contributed by atoms with Crippen LogP contribution in [0.25, 0.3) is 34.7 Å². The van der Waals surface area contributed by atoms with Gasteiger partial charge in [-0.15, -0.1) is 20.4 Å². The second-order valence-electron chi connectivity index (χ2n) is 12.4. The van der Waals surface area contributed by atoms with Gasteiger partial charge in [0, 0.05) is 78.2 Å². The second-order valence-corrected chi connectivity index (χ2v) is 12.4. The van der Waals surface area contributed by atoms with E-state index in [0.717, 1.165) is 45.0 Å². The molecule has 0 saturated carbocycles. The van der Waals surface area contributed by atoms with Crippen molar-refractivity contribution in [2.24, 2.45) is 0 Å². The van der Waals surface area contributed by atoms with Gasteiger partial charge in [0.25, 0.3) is 0 Å². The first-order valence-corrected chi connectivity index (χ1v) is 17.4. The molecular weight excluding hydrogens is 675 g/mol. The Balaban J connectivity index is 0.00000435. The number of benzene rings is 4. The zero-order chi connectivity index (χ0) is 35.0. The Labute approximate surface area is 330 Å². The molecule has 13 heteroatoms. The molecule has 2 N–H and O–H groups in total. The summed E-state index contributed by atoms with van der Waals surface area (Å²) in [6.45, 7) is 5.02. The van der Waals surface area contributed by atoms with Gasteiger partial charge >= 0.3 is 0 Å². The molecule has 0 bridgehead atoms. The summed E-state index contributed by atoms with van der Waals surface area (Å²) < 4.78 is 11.6. The number of rotatable bonds is 10. The molecule has 8 rings (SSSR count). The number of nitrogens with one attached hydrogen (secondary N) is 2. The predicted molar refractivity (Wildman–Crippen MR) is 211 cm³/mol. The largest absolute Gasteiger partial charge is 0.378 e. The molecule has 2 fully saturated rings. The van der Waals surface area contributed by atoms with Crippen LogP contribution in [0.3, 0.4) is 0 Å². The molecule has 0 atom stereocenters. The Morgan fingerprint density at radius 2 is 1.00 bits per heavy atom. The molecule has 0 amide bonds. The first-order valence-electron chi connectivity index (χ1n) is 17.4. The average Bonchev–Trinajstić information content (AvgIpc) is 3.21. The van der Waals surface area contributed by atoms with E-state index in [9.17, 15) is 0 Å². The Hall–Kier alpha value is -5.24. The van der Waals surface area contributed by atoms with E-state index in [1.54, 1.807) is 0 Å². The average molecular weight is 714 g/mol. The van der Waals surface area contributed by atoms with Crippen molar-refractivity contribution in [2.75, 3.05) is 73.0 Å². The molecular formula is C40H38N10NaO2. The topological polar surface area (TPSA) is 126 Å². The zero-order valence-corrected chi connectivity index (χ0v) is 31.6. The van der Waals surface area contributed by atoms with Crippen LogP contribution < -0.4 is 20.4 Å². The minimum atomic E-state index is 0.